The lowest BCUT2D eigenvalue weighted by Gasteiger charge is -2.30. The van der Waals surface area contributed by atoms with E-state index >= 15 is 0 Å². The van der Waals surface area contributed by atoms with Gasteiger partial charge in [-0.1, -0.05) is 30.3 Å². The van der Waals surface area contributed by atoms with Gasteiger partial charge in [0.05, 0.1) is 11.4 Å². The van der Waals surface area contributed by atoms with Gasteiger partial charge in [-0.3, -0.25) is 4.79 Å². The lowest BCUT2D eigenvalue weighted by atomic mass is 9.97. The van der Waals surface area contributed by atoms with Gasteiger partial charge in [0.1, 0.15) is 5.00 Å². The lowest BCUT2D eigenvalue weighted by molar-refractivity contribution is -0.120. The van der Waals surface area contributed by atoms with E-state index in [1.54, 1.807) is 6.92 Å². The van der Waals surface area contributed by atoms with E-state index in [4.69, 9.17) is 0 Å². The quantitative estimate of drug-likeness (QED) is 0.866. The normalized spacial score (nSPS) is 16.7. The summed E-state index contributed by atoms with van der Waals surface area (Å²) in [7, 11) is -3.16. The SMILES string of the molecule is CCS(=O)(=O)N1CCC(C(=O)Nc2cc(-c3ccccc3)ns2)CC1. The first-order valence-electron chi connectivity index (χ1n) is 8.30. The van der Waals surface area contributed by atoms with Gasteiger partial charge in [-0.05, 0) is 31.3 Å². The molecule has 0 radical (unpaired) electrons. The summed E-state index contributed by atoms with van der Waals surface area (Å²) in [4.78, 5) is 12.4. The number of piperidine rings is 1. The second-order valence-electron chi connectivity index (χ2n) is 6.01. The van der Waals surface area contributed by atoms with E-state index < -0.39 is 10.0 Å². The Morgan fingerprint density at radius 3 is 2.60 bits per heavy atom. The molecule has 2 heterocycles. The first-order valence-corrected chi connectivity index (χ1v) is 10.7. The Balaban J connectivity index is 1.58. The van der Waals surface area contributed by atoms with Gasteiger partial charge in [0.15, 0.2) is 0 Å². The highest BCUT2D eigenvalue weighted by Crippen LogP contribution is 2.27. The molecule has 0 unspecified atom stereocenters. The number of anilines is 1. The zero-order chi connectivity index (χ0) is 17.9. The van der Waals surface area contributed by atoms with Crippen LogP contribution in [0.15, 0.2) is 36.4 Å². The van der Waals surface area contributed by atoms with Crippen LogP contribution < -0.4 is 5.32 Å². The molecule has 1 aliphatic heterocycles. The second kappa shape index (κ2) is 7.63. The number of amides is 1. The summed E-state index contributed by atoms with van der Waals surface area (Å²) in [6, 6.07) is 11.7. The lowest BCUT2D eigenvalue weighted by Crippen LogP contribution is -2.42. The Bertz CT molecular complexity index is 826. The minimum Gasteiger partial charge on any atom is -0.316 e. The Hall–Kier alpha value is -1.77. The number of nitrogens with one attached hydrogen (secondary N) is 1. The van der Waals surface area contributed by atoms with Gasteiger partial charge in [-0.15, -0.1) is 0 Å². The monoisotopic (exact) mass is 379 g/mol. The number of benzene rings is 1. The number of hydrogen-bond acceptors (Lipinski definition) is 5. The first kappa shape index (κ1) is 18.0. The average molecular weight is 380 g/mol. The fourth-order valence-electron chi connectivity index (χ4n) is 2.88. The average Bonchev–Trinajstić information content (AvgIpc) is 3.11. The number of nitrogens with zero attached hydrogens (tertiary/aromatic N) is 2. The van der Waals surface area contributed by atoms with Crippen LogP contribution >= 0.6 is 11.5 Å². The van der Waals surface area contributed by atoms with Gasteiger partial charge < -0.3 is 5.32 Å². The molecule has 1 aliphatic rings. The zero-order valence-corrected chi connectivity index (χ0v) is 15.6. The van der Waals surface area contributed by atoms with E-state index in [-0.39, 0.29) is 17.6 Å². The Kier molecular flexibility index (Phi) is 5.51. The minimum atomic E-state index is -3.16. The molecule has 25 heavy (non-hydrogen) atoms. The molecule has 1 amide bonds. The van der Waals surface area contributed by atoms with E-state index in [0.717, 1.165) is 11.3 Å². The first-order chi connectivity index (χ1) is 12.0. The molecular formula is C17H21N3O3S2. The highest BCUT2D eigenvalue weighted by atomic mass is 32.2. The highest BCUT2D eigenvalue weighted by molar-refractivity contribution is 7.89. The highest BCUT2D eigenvalue weighted by Gasteiger charge is 2.30. The number of carbonyl (C=O) groups excluding carboxylic acids is 1. The number of carbonyl (C=O) groups is 1. The van der Waals surface area contributed by atoms with Crippen LogP contribution in [0, 0.1) is 5.92 Å². The molecular weight excluding hydrogens is 358 g/mol. The van der Waals surface area contributed by atoms with Crippen molar-refractivity contribution in [3.05, 3.63) is 36.4 Å². The van der Waals surface area contributed by atoms with Crippen LogP contribution in [-0.4, -0.2) is 41.8 Å². The molecule has 0 atom stereocenters. The predicted octanol–water partition coefficient (Wildman–Crippen LogP) is 2.81. The maximum absolute atomic E-state index is 12.4. The molecule has 0 aliphatic carbocycles. The summed E-state index contributed by atoms with van der Waals surface area (Å²) in [6.07, 6.45) is 1.10. The van der Waals surface area contributed by atoms with Crippen molar-refractivity contribution in [1.82, 2.24) is 8.68 Å². The molecule has 0 bridgehead atoms. The van der Waals surface area contributed by atoms with Crippen LogP contribution in [0.3, 0.4) is 0 Å². The van der Waals surface area contributed by atoms with Gasteiger partial charge in [0.25, 0.3) is 0 Å². The van der Waals surface area contributed by atoms with Crippen molar-refractivity contribution in [1.29, 1.82) is 0 Å². The number of aromatic nitrogens is 1. The van der Waals surface area contributed by atoms with Gasteiger partial charge in [-0.25, -0.2) is 12.7 Å². The standard InChI is InChI=1S/C17H21N3O3S2/c1-2-25(22,23)20-10-8-14(9-11-20)17(21)18-16-12-15(19-24-16)13-6-4-3-5-7-13/h3-7,12,14H,2,8-11H2,1H3,(H,18,21). The fourth-order valence-corrected chi connectivity index (χ4v) is 4.68. The summed E-state index contributed by atoms with van der Waals surface area (Å²) in [5, 5.41) is 3.63. The van der Waals surface area contributed by atoms with Gasteiger partial charge >= 0.3 is 0 Å². The van der Waals surface area contributed by atoms with Crippen molar-refractivity contribution in [3.63, 3.8) is 0 Å². The summed E-state index contributed by atoms with van der Waals surface area (Å²) in [5.74, 6) is -0.116. The van der Waals surface area contributed by atoms with E-state index in [2.05, 4.69) is 9.69 Å². The van der Waals surface area contributed by atoms with Crippen molar-refractivity contribution in [2.24, 2.45) is 5.92 Å². The maximum atomic E-state index is 12.4. The van der Waals surface area contributed by atoms with Crippen molar-refractivity contribution in [3.8, 4) is 11.3 Å². The third kappa shape index (κ3) is 4.26. The number of sulfonamides is 1. The van der Waals surface area contributed by atoms with Crippen LogP contribution in [0.5, 0.6) is 0 Å². The molecule has 3 rings (SSSR count). The molecule has 0 spiro atoms. The van der Waals surface area contributed by atoms with Crippen molar-refractivity contribution in [2.75, 3.05) is 24.2 Å². The summed E-state index contributed by atoms with van der Waals surface area (Å²) in [6.45, 7) is 2.46. The summed E-state index contributed by atoms with van der Waals surface area (Å²) >= 11 is 1.26. The molecule has 8 heteroatoms. The smallest absolute Gasteiger partial charge is 0.228 e. The van der Waals surface area contributed by atoms with Crippen molar-refractivity contribution in [2.45, 2.75) is 19.8 Å². The molecule has 1 aromatic carbocycles. The van der Waals surface area contributed by atoms with Gasteiger partial charge in [0, 0.05) is 30.6 Å². The third-order valence-electron chi connectivity index (χ3n) is 4.41. The molecule has 6 nitrogen and oxygen atoms in total. The Labute approximate surface area is 152 Å². The zero-order valence-electron chi connectivity index (χ0n) is 14.0. The molecule has 1 saturated heterocycles. The van der Waals surface area contributed by atoms with Crippen LogP contribution in [0.4, 0.5) is 5.00 Å². The van der Waals surface area contributed by atoms with Crippen molar-refractivity contribution < 1.29 is 13.2 Å². The summed E-state index contributed by atoms with van der Waals surface area (Å²) in [5.41, 5.74) is 1.85. The Morgan fingerprint density at radius 1 is 1.28 bits per heavy atom. The van der Waals surface area contributed by atoms with Gasteiger partial charge in [0.2, 0.25) is 15.9 Å². The molecule has 1 aromatic heterocycles. The van der Waals surface area contributed by atoms with E-state index in [0.29, 0.717) is 30.9 Å². The molecule has 1 fully saturated rings. The Morgan fingerprint density at radius 2 is 1.96 bits per heavy atom. The van der Waals surface area contributed by atoms with Crippen LogP contribution in [0.2, 0.25) is 0 Å². The van der Waals surface area contributed by atoms with Crippen molar-refractivity contribution >= 4 is 32.5 Å². The van der Waals surface area contributed by atoms with Crippen LogP contribution in [-0.2, 0) is 14.8 Å². The molecule has 0 saturated carbocycles. The predicted molar refractivity (Wildman–Crippen MR) is 99.9 cm³/mol. The van der Waals surface area contributed by atoms with E-state index in [9.17, 15) is 13.2 Å². The largest absolute Gasteiger partial charge is 0.316 e. The number of hydrogen-bond donors (Lipinski definition) is 1. The summed E-state index contributed by atoms with van der Waals surface area (Å²) < 4.78 is 29.6. The molecule has 1 N–H and O–H groups in total. The maximum Gasteiger partial charge on any atom is 0.228 e. The van der Waals surface area contributed by atoms with E-state index in [1.807, 2.05) is 36.4 Å². The minimum absolute atomic E-state index is 0.0585. The topological polar surface area (TPSA) is 79.4 Å². The molecule has 2 aromatic rings. The fraction of sp³-hybridized carbons (Fsp3) is 0.412. The molecule has 134 valence electrons. The van der Waals surface area contributed by atoms with E-state index in [1.165, 1.54) is 15.8 Å². The second-order valence-corrected chi connectivity index (χ2v) is 9.07. The number of rotatable bonds is 5. The van der Waals surface area contributed by atoms with Gasteiger partial charge in [-0.2, -0.15) is 4.37 Å². The third-order valence-corrected chi connectivity index (χ3v) is 7.00. The van der Waals surface area contributed by atoms with Crippen LogP contribution in [0.25, 0.3) is 11.3 Å². The van der Waals surface area contributed by atoms with Crippen LogP contribution in [0.1, 0.15) is 19.8 Å².